The predicted molar refractivity (Wildman–Crippen MR) is 84.4 cm³/mol. The fourth-order valence-electron chi connectivity index (χ4n) is 2.22. The molecule has 96 valence electrons. The lowest BCUT2D eigenvalue weighted by molar-refractivity contribution is 0.727. The number of nitrogens with zero attached hydrogens (tertiary/aromatic N) is 1. The number of hydrogen-bond acceptors (Lipinski definition) is 3. The topological polar surface area (TPSA) is 38.9 Å². The molecule has 0 aliphatic rings. The molecule has 0 saturated heterocycles. The summed E-state index contributed by atoms with van der Waals surface area (Å²) in [5.74, 6) is 0. The van der Waals surface area contributed by atoms with Gasteiger partial charge in [-0.2, -0.15) is 0 Å². The molecule has 0 aliphatic carbocycles. The summed E-state index contributed by atoms with van der Waals surface area (Å²) in [6, 6.07) is 10.5. The number of halogens is 1. The van der Waals surface area contributed by atoms with Gasteiger partial charge in [-0.3, -0.25) is 4.98 Å². The molecule has 0 bridgehead atoms. The first-order valence-corrected chi connectivity index (χ1v) is 7.72. The van der Waals surface area contributed by atoms with E-state index in [4.69, 9.17) is 5.73 Å². The predicted octanol–water partition coefficient (Wildman–Crippen LogP) is 4.30. The van der Waals surface area contributed by atoms with E-state index in [1.807, 2.05) is 6.20 Å². The van der Waals surface area contributed by atoms with Crippen molar-refractivity contribution in [3.05, 3.63) is 63.7 Å². The summed E-state index contributed by atoms with van der Waals surface area (Å²) in [4.78, 5) is 4.18. The Bertz CT molecular complexity index is 708. The Kier molecular flexibility index (Phi) is 3.64. The highest BCUT2D eigenvalue weighted by Crippen LogP contribution is 2.30. The van der Waals surface area contributed by atoms with Crippen LogP contribution in [0.25, 0.3) is 10.1 Å². The highest BCUT2D eigenvalue weighted by molar-refractivity contribution is 9.10. The Labute approximate surface area is 124 Å². The third-order valence-corrected chi connectivity index (χ3v) is 4.54. The monoisotopic (exact) mass is 332 g/mol. The molecule has 4 heteroatoms. The molecule has 0 aliphatic heterocycles. The second kappa shape index (κ2) is 5.41. The van der Waals surface area contributed by atoms with Gasteiger partial charge in [-0.15, -0.1) is 11.3 Å². The highest BCUT2D eigenvalue weighted by atomic mass is 79.9. The number of thiophene rings is 1. The molecule has 1 unspecified atom stereocenters. The van der Waals surface area contributed by atoms with E-state index in [-0.39, 0.29) is 6.04 Å². The van der Waals surface area contributed by atoms with Crippen LogP contribution in [0.4, 0.5) is 0 Å². The molecule has 2 N–H and O–H groups in total. The van der Waals surface area contributed by atoms with Gasteiger partial charge in [0.05, 0.1) is 0 Å². The van der Waals surface area contributed by atoms with Gasteiger partial charge in [0.1, 0.15) is 0 Å². The van der Waals surface area contributed by atoms with Crippen molar-refractivity contribution in [2.75, 3.05) is 0 Å². The summed E-state index contributed by atoms with van der Waals surface area (Å²) < 4.78 is 2.28. The van der Waals surface area contributed by atoms with Crippen molar-refractivity contribution in [3.8, 4) is 0 Å². The summed E-state index contributed by atoms with van der Waals surface area (Å²) in [6.07, 6.45) is 4.46. The van der Waals surface area contributed by atoms with E-state index >= 15 is 0 Å². The molecule has 3 aromatic rings. The summed E-state index contributed by atoms with van der Waals surface area (Å²) in [5, 5.41) is 3.43. The molecule has 0 fully saturated rings. The van der Waals surface area contributed by atoms with Crippen molar-refractivity contribution in [2.45, 2.75) is 12.5 Å². The minimum atomic E-state index is 0.00671. The van der Waals surface area contributed by atoms with E-state index in [0.29, 0.717) is 0 Å². The Balaban J connectivity index is 1.90. The number of benzene rings is 1. The molecule has 0 radical (unpaired) electrons. The van der Waals surface area contributed by atoms with Crippen molar-refractivity contribution < 1.29 is 0 Å². The first kappa shape index (κ1) is 12.8. The largest absolute Gasteiger partial charge is 0.324 e. The number of hydrogen-bond donors (Lipinski definition) is 1. The van der Waals surface area contributed by atoms with E-state index in [0.717, 1.165) is 16.5 Å². The van der Waals surface area contributed by atoms with Gasteiger partial charge in [-0.05, 0) is 56.4 Å². The van der Waals surface area contributed by atoms with Crippen molar-refractivity contribution in [3.63, 3.8) is 0 Å². The fourth-order valence-corrected chi connectivity index (χ4v) is 3.65. The molecule has 2 heterocycles. The van der Waals surface area contributed by atoms with Crippen LogP contribution in [0, 0.1) is 0 Å². The summed E-state index contributed by atoms with van der Waals surface area (Å²) in [7, 11) is 0. The van der Waals surface area contributed by atoms with E-state index in [1.54, 1.807) is 17.5 Å². The molecule has 0 saturated carbocycles. The van der Waals surface area contributed by atoms with Crippen molar-refractivity contribution >= 4 is 37.4 Å². The van der Waals surface area contributed by atoms with Crippen LogP contribution in [-0.4, -0.2) is 4.98 Å². The lowest BCUT2D eigenvalue weighted by Gasteiger charge is -2.11. The maximum Gasteiger partial charge on any atom is 0.0410 e. The molecule has 2 nitrogen and oxygen atoms in total. The molecule has 1 atom stereocenters. The first-order valence-electron chi connectivity index (χ1n) is 6.05. The third kappa shape index (κ3) is 2.71. The molecule has 19 heavy (non-hydrogen) atoms. The lowest BCUT2D eigenvalue weighted by atomic mass is 10.0. The van der Waals surface area contributed by atoms with Gasteiger partial charge >= 0.3 is 0 Å². The molecule has 0 amide bonds. The van der Waals surface area contributed by atoms with Gasteiger partial charge < -0.3 is 5.73 Å². The van der Waals surface area contributed by atoms with Crippen LogP contribution in [0.15, 0.2) is 52.6 Å². The molecule has 2 aromatic heterocycles. The van der Waals surface area contributed by atoms with E-state index in [9.17, 15) is 0 Å². The molecular formula is C15H13BrN2S. The average Bonchev–Trinajstić information content (AvgIpc) is 2.82. The number of rotatable bonds is 3. The highest BCUT2D eigenvalue weighted by Gasteiger charge is 2.12. The van der Waals surface area contributed by atoms with Gasteiger partial charge in [-0.1, -0.05) is 18.2 Å². The minimum Gasteiger partial charge on any atom is -0.324 e. The van der Waals surface area contributed by atoms with Gasteiger partial charge in [0, 0.05) is 27.6 Å². The maximum absolute atomic E-state index is 6.35. The Hall–Kier alpha value is -1.23. The summed E-state index contributed by atoms with van der Waals surface area (Å²) in [5.41, 5.74) is 8.72. The molecule has 0 spiro atoms. The van der Waals surface area contributed by atoms with Gasteiger partial charge in [0.15, 0.2) is 0 Å². The quantitative estimate of drug-likeness (QED) is 0.776. The summed E-state index contributed by atoms with van der Waals surface area (Å²) in [6.45, 7) is 0. The van der Waals surface area contributed by atoms with Crippen LogP contribution in [0.3, 0.4) is 0 Å². The maximum atomic E-state index is 6.35. The number of aromatic nitrogens is 1. The minimum absolute atomic E-state index is 0.00671. The zero-order valence-corrected chi connectivity index (χ0v) is 12.6. The smallest absolute Gasteiger partial charge is 0.0410 e. The SMILES string of the molecule is NC(Cc1cncc(Br)c1)c1csc2ccccc12. The van der Waals surface area contributed by atoms with Gasteiger partial charge in [0.25, 0.3) is 0 Å². The molecular weight excluding hydrogens is 320 g/mol. The zero-order valence-electron chi connectivity index (χ0n) is 10.2. The lowest BCUT2D eigenvalue weighted by Crippen LogP contribution is -2.12. The number of nitrogens with two attached hydrogens (primary N) is 1. The molecule has 3 rings (SSSR count). The Morgan fingerprint density at radius 2 is 2.11 bits per heavy atom. The number of pyridine rings is 1. The number of fused-ring (bicyclic) bond motifs is 1. The van der Waals surface area contributed by atoms with Crippen LogP contribution < -0.4 is 5.73 Å². The normalized spacial score (nSPS) is 12.7. The Morgan fingerprint density at radius 3 is 2.95 bits per heavy atom. The van der Waals surface area contributed by atoms with Crippen molar-refractivity contribution in [1.82, 2.24) is 4.98 Å². The van der Waals surface area contributed by atoms with Crippen molar-refractivity contribution in [2.24, 2.45) is 5.73 Å². The standard InChI is InChI=1S/C15H13BrN2S/c16-11-5-10(7-18-8-11)6-14(17)13-9-19-15-4-2-1-3-12(13)15/h1-5,7-9,14H,6,17H2. The van der Waals surface area contributed by atoms with Crippen LogP contribution in [0.2, 0.25) is 0 Å². The van der Waals surface area contributed by atoms with Gasteiger partial charge in [-0.25, -0.2) is 0 Å². The van der Waals surface area contributed by atoms with E-state index < -0.39 is 0 Å². The van der Waals surface area contributed by atoms with Gasteiger partial charge in [0.2, 0.25) is 0 Å². The first-order chi connectivity index (χ1) is 9.24. The fraction of sp³-hybridized carbons (Fsp3) is 0.133. The average molecular weight is 333 g/mol. The second-order valence-corrected chi connectivity index (χ2v) is 6.34. The Morgan fingerprint density at radius 1 is 1.26 bits per heavy atom. The van der Waals surface area contributed by atoms with E-state index in [2.05, 4.69) is 56.6 Å². The van der Waals surface area contributed by atoms with E-state index in [1.165, 1.54) is 15.6 Å². The second-order valence-electron chi connectivity index (χ2n) is 4.51. The summed E-state index contributed by atoms with van der Waals surface area (Å²) >= 11 is 5.19. The van der Waals surface area contributed by atoms with Crippen molar-refractivity contribution in [1.29, 1.82) is 0 Å². The zero-order chi connectivity index (χ0) is 13.2. The van der Waals surface area contributed by atoms with Crippen LogP contribution in [0.5, 0.6) is 0 Å². The van der Waals surface area contributed by atoms with Crippen LogP contribution in [-0.2, 0) is 6.42 Å². The van der Waals surface area contributed by atoms with Crippen LogP contribution >= 0.6 is 27.3 Å². The van der Waals surface area contributed by atoms with Crippen LogP contribution in [0.1, 0.15) is 17.2 Å². The molecule has 1 aromatic carbocycles. The third-order valence-electron chi connectivity index (χ3n) is 3.13.